The third-order valence-corrected chi connectivity index (χ3v) is 13.4. The van der Waals surface area contributed by atoms with Gasteiger partial charge in [-0.05, 0) is 12.8 Å². The van der Waals surface area contributed by atoms with Crippen LogP contribution in [0.4, 0.5) is 0 Å². The highest BCUT2D eigenvalue weighted by molar-refractivity contribution is 6.49. The Bertz CT molecular complexity index is 1360. The zero-order valence-corrected chi connectivity index (χ0v) is 44.3. The van der Waals surface area contributed by atoms with Crippen molar-refractivity contribution in [3.63, 3.8) is 0 Å². The van der Waals surface area contributed by atoms with Crippen molar-refractivity contribution in [2.24, 2.45) is 5.92 Å². The summed E-state index contributed by atoms with van der Waals surface area (Å²) in [4.78, 5) is 52.8. The molecule has 4 amide bonds. The number of hydrogen-bond donors (Lipinski definition) is 4. The molecule has 69 heavy (non-hydrogen) atoms. The van der Waals surface area contributed by atoms with E-state index in [2.05, 4.69) is 35.1 Å². The molecule has 0 aromatic carbocycles. The van der Waals surface area contributed by atoms with Crippen LogP contribution in [0.5, 0.6) is 0 Å². The second-order valence-corrected chi connectivity index (χ2v) is 18.8. The van der Waals surface area contributed by atoms with E-state index in [0.29, 0.717) is 13.1 Å². The van der Waals surface area contributed by atoms with Gasteiger partial charge in [-0.1, -0.05) is 136 Å². The highest BCUT2D eigenvalue weighted by Crippen LogP contribution is 2.35. The van der Waals surface area contributed by atoms with Crippen LogP contribution < -0.4 is 21.3 Å². The highest BCUT2D eigenvalue weighted by atomic mass is 16.8. The molecule has 0 aromatic rings. The van der Waals surface area contributed by atoms with Crippen molar-refractivity contribution in [1.29, 1.82) is 0 Å². The van der Waals surface area contributed by atoms with Crippen molar-refractivity contribution in [3.05, 3.63) is 0 Å². The summed E-state index contributed by atoms with van der Waals surface area (Å²) in [7, 11) is 10.8. The molecule has 0 saturated carbocycles. The van der Waals surface area contributed by atoms with Crippen LogP contribution in [-0.4, -0.2) is 161 Å². The third kappa shape index (κ3) is 24.7. The number of amides is 4. The normalized spacial score (nSPS) is 25.2. The topological polar surface area (TPSA) is 199 Å². The van der Waals surface area contributed by atoms with Crippen LogP contribution in [0.25, 0.3) is 0 Å². The fourth-order valence-corrected chi connectivity index (χ4v) is 9.26. The van der Waals surface area contributed by atoms with Gasteiger partial charge in [0.05, 0.1) is 24.8 Å². The third-order valence-electron chi connectivity index (χ3n) is 13.4. The van der Waals surface area contributed by atoms with E-state index in [1.165, 1.54) is 111 Å². The summed E-state index contributed by atoms with van der Waals surface area (Å²) < 4.78 is 53.7. The van der Waals surface area contributed by atoms with Crippen LogP contribution in [-0.2, 0) is 61.8 Å². The van der Waals surface area contributed by atoms with E-state index in [9.17, 15) is 19.2 Å². The lowest BCUT2D eigenvalue weighted by Crippen LogP contribution is -2.65. The fraction of sp³-hybridized carbons (Fsp3) is 0.922. The van der Waals surface area contributed by atoms with Gasteiger partial charge in [-0.2, -0.15) is 0 Å². The number of carbonyl (C=O) groups excluding carboxylic acids is 4. The Hall–Kier alpha value is -2.42. The molecule has 4 N–H and O–H groups in total. The van der Waals surface area contributed by atoms with E-state index in [0.717, 1.165) is 38.5 Å². The molecule has 4 unspecified atom stereocenters. The monoisotopic (exact) mass is 984 g/mol. The van der Waals surface area contributed by atoms with Crippen molar-refractivity contribution >= 4 is 30.9 Å². The average molecular weight is 984 g/mol. The zero-order chi connectivity index (χ0) is 50.7. The van der Waals surface area contributed by atoms with Gasteiger partial charge in [0.1, 0.15) is 30.5 Å². The van der Waals surface area contributed by atoms with Crippen molar-refractivity contribution < 1.29 is 61.8 Å². The molecule has 2 aliphatic heterocycles. The average Bonchev–Trinajstić information content (AvgIpc) is 3.35. The summed E-state index contributed by atoms with van der Waals surface area (Å²) in [6.45, 7) is 7.70. The van der Waals surface area contributed by atoms with Crippen molar-refractivity contribution in [3.8, 4) is 0 Å². The first-order chi connectivity index (χ1) is 33.5. The minimum absolute atomic E-state index is 0.0287. The first-order valence-corrected chi connectivity index (χ1v) is 26.6. The second-order valence-electron chi connectivity index (χ2n) is 18.8. The van der Waals surface area contributed by atoms with E-state index >= 15 is 0 Å². The number of unbranched alkanes of at least 4 members (excludes halogenated alkanes) is 18. The molecule has 2 rings (SSSR count). The lowest BCUT2D eigenvalue weighted by Gasteiger charge is -2.49. The molecule has 17 nitrogen and oxygen atoms in total. The lowest BCUT2D eigenvalue weighted by molar-refractivity contribution is -0.358. The van der Waals surface area contributed by atoms with Crippen LogP contribution in [0.15, 0.2) is 0 Å². The number of carbonyl (C=O) groups is 4. The largest absolute Gasteiger partial charge is 0.382 e. The fourth-order valence-electron chi connectivity index (χ4n) is 9.26. The molecule has 11 atom stereocenters. The maximum absolute atomic E-state index is 13.4. The number of ether oxygens (including phenoxy) is 9. The molecule has 0 bridgehead atoms. The predicted octanol–water partition coefficient (Wildman–Crippen LogP) is 6.35. The lowest BCUT2D eigenvalue weighted by atomic mass is 9.65. The molecule has 0 spiro atoms. The van der Waals surface area contributed by atoms with Gasteiger partial charge in [-0.15, -0.1) is 0 Å². The number of rotatable bonds is 41. The quantitative estimate of drug-likeness (QED) is 0.0391. The summed E-state index contributed by atoms with van der Waals surface area (Å²) in [6, 6.07) is 0. The Morgan fingerprint density at radius 1 is 0.507 bits per heavy atom. The van der Waals surface area contributed by atoms with Crippen molar-refractivity contribution in [2.45, 2.75) is 230 Å². The molecule has 0 aromatic heterocycles. The molecule has 1 radical (unpaired) electrons. The Morgan fingerprint density at radius 2 is 0.986 bits per heavy atom. The molecular formula is C51H96BN4O13. The smallest absolute Gasteiger partial charge is 0.233 e. The molecule has 2 aliphatic rings. The minimum atomic E-state index is -1.03. The Labute approximate surface area is 417 Å². The second kappa shape index (κ2) is 39.2. The SMILES string of the molecule is CCCCCCCCCCCCNC(=O)C[B][C@H](NC(=O)CCC(=O)NCC1O[C@H](O[C@@H]2C(COC)O[C@H](OC)C(OC)[C@H]2OC)C(OC)[C@@H](OC)[C@@H]1C)C(=O)NCCCCCCCCCCCC. The summed E-state index contributed by atoms with van der Waals surface area (Å²) >= 11 is 0. The highest BCUT2D eigenvalue weighted by Gasteiger charge is 2.52. The van der Waals surface area contributed by atoms with Crippen molar-refractivity contribution in [2.75, 3.05) is 68.9 Å². The van der Waals surface area contributed by atoms with Gasteiger partial charge in [0.15, 0.2) is 19.9 Å². The van der Waals surface area contributed by atoms with Gasteiger partial charge < -0.3 is 63.9 Å². The van der Waals surface area contributed by atoms with Gasteiger partial charge in [-0.3, -0.25) is 19.2 Å². The number of hydrogen-bond acceptors (Lipinski definition) is 13. The van der Waals surface area contributed by atoms with Crippen molar-refractivity contribution in [1.82, 2.24) is 21.3 Å². The first-order valence-electron chi connectivity index (χ1n) is 26.6. The van der Waals surface area contributed by atoms with Gasteiger partial charge >= 0.3 is 0 Å². The van der Waals surface area contributed by atoms with E-state index in [1.54, 1.807) is 28.4 Å². The van der Waals surface area contributed by atoms with E-state index in [1.807, 2.05) is 6.92 Å². The maximum Gasteiger partial charge on any atom is 0.233 e. The van der Waals surface area contributed by atoms with E-state index < -0.39 is 67.2 Å². The molecule has 2 fully saturated rings. The molecule has 0 aliphatic carbocycles. The van der Waals surface area contributed by atoms with Crippen LogP contribution in [0.3, 0.4) is 0 Å². The van der Waals surface area contributed by atoms with E-state index in [4.69, 9.17) is 42.6 Å². The summed E-state index contributed by atoms with van der Waals surface area (Å²) in [6.07, 6.45) is 17.5. The molecule has 2 heterocycles. The van der Waals surface area contributed by atoms with E-state index in [-0.39, 0.29) is 56.0 Å². The Kier molecular flexibility index (Phi) is 35.6. The van der Waals surface area contributed by atoms with Gasteiger partial charge in [0.2, 0.25) is 23.6 Å². The molecular weight excluding hydrogens is 887 g/mol. The number of nitrogens with one attached hydrogen (secondary N) is 4. The van der Waals surface area contributed by atoms with Crippen LogP contribution in [0, 0.1) is 5.92 Å². The maximum atomic E-state index is 13.4. The van der Waals surface area contributed by atoms with Gasteiger partial charge in [0, 0.05) is 87.4 Å². The molecule has 401 valence electrons. The summed E-state index contributed by atoms with van der Waals surface area (Å²) in [5.74, 6) is -2.73. The Balaban J connectivity index is 1.96. The summed E-state index contributed by atoms with van der Waals surface area (Å²) in [5.41, 5.74) is 0. The van der Waals surface area contributed by atoms with Crippen LogP contribution in [0.1, 0.15) is 162 Å². The van der Waals surface area contributed by atoms with Gasteiger partial charge in [-0.25, -0.2) is 0 Å². The molecule has 2 saturated heterocycles. The van der Waals surface area contributed by atoms with Crippen LogP contribution in [0.2, 0.25) is 6.32 Å². The predicted molar refractivity (Wildman–Crippen MR) is 268 cm³/mol. The standard InChI is InChI=1S/C51H96BN4O13/c1-10-12-14-16-18-20-22-24-26-28-32-53-42(59)34-52-48(49(60)54-33-29-27-25-23-21-19-17-15-13-11-2)56-41(58)31-30-40(57)55-35-38-37(3)43(62-5)46(64-7)51(67-38)69-44-39(36-61-4)68-50(66-9)47(65-8)45(44)63-6/h37-39,43-48,50-51H,10-36H2,1-9H3,(H,53,59)(H,54,60)(H,55,57)(H,56,58)/t37-,38?,39?,43+,44-,45+,46?,47?,48-,50+,51-/m1/s1. The molecule has 18 heteroatoms. The van der Waals surface area contributed by atoms with Gasteiger partial charge in [0.25, 0.3) is 0 Å². The first kappa shape index (κ1) is 62.7. The minimum Gasteiger partial charge on any atom is -0.382 e. The Morgan fingerprint density at radius 3 is 1.49 bits per heavy atom. The zero-order valence-electron chi connectivity index (χ0n) is 44.3. The van der Waals surface area contributed by atoms with Crippen LogP contribution >= 0.6 is 0 Å². The number of methoxy groups -OCH3 is 6. The summed E-state index contributed by atoms with van der Waals surface area (Å²) in [5, 5.41) is 11.6.